The summed E-state index contributed by atoms with van der Waals surface area (Å²) in [6.07, 6.45) is -4.97. The number of benzene rings is 3. The number of hydrogen-bond acceptors (Lipinski definition) is 5. The van der Waals surface area contributed by atoms with Crippen LogP contribution in [-0.4, -0.2) is 29.2 Å². The van der Waals surface area contributed by atoms with E-state index in [-0.39, 0.29) is 41.0 Å². The van der Waals surface area contributed by atoms with E-state index in [4.69, 9.17) is 16.9 Å². The number of alkyl halides is 3. The summed E-state index contributed by atoms with van der Waals surface area (Å²) >= 11 is 6.04. The molecule has 2 N–H and O–H groups in total. The molecular weight excluding hydrogens is 561 g/mol. The number of rotatable bonds is 5. The van der Waals surface area contributed by atoms with Crippen LogP contribution >= 0.6 is 11.6 Å². The molecule has 1 aliphatic rings. The van der Waals surface area contributed by atoms with E-state index in [0.29, 0.717) is 12.1 Å². The highest BCUT2D eigenvalue weighted by Crippen LogP contribution is 2.37. The third-order valence-electron chi connectivity index (χ3n) is 5.80. The normalized spacial score (nSPS) is 12.6. The van der Waals surface area contributed by atoms with E-state index in [1.807, 2.05) is 0 Å². The van der Waals surface area contributed by atoms with Crippen LogP contribution in [-0.2, 0) is 12.7 Å². The van der Waals surface area contributed by atoms with Crippen molar-refractivity contribution in [2.45, 2.75) is 12.7 Å². The summed E-state index contributed by atoms with van der Waals surface area (Å²) < 4.78 is 67.2. The Labute approximate surface area is 227 Å². The van der Waals surface area contributed by atoms with Crippen LogP contribution in [0.3, 0.4) is 0 Å². The summed E-state index contributed by atoms with van der Waals surface area (Å²) in [5, 5.41) is 23.3. The van der Waals surface area contributed by atoms with Crippen molar-refractivity contribution in [3.05, 3.63) is 92.5 Å². The SMILES string of the molecule is N#CCN1Cc2cc(NC(=O)c3cc(F)cc(C(F)(F)F)c3)c(C(=O)c3ccc(F)cc3Cl)c(C#N)c2NC1=O. The molecule has 0 aromatic heterocycles. The second-order valence-electron chi connectivity index (χ2n) is 8.40. The number of carbonyl (C=O) groups is 3. The summed E-state index contributed by atoms with van der Waals surface area (Å²) in [5.74, 6) is -4.39. The Morgan fingerprint density at radius 3 is 2.42 bits per heavy atom. The summed E-state index contributed by atoms with van der Waals surface area (Å²) in [4.78, 5) is 40.1. The van der Waals surface area contributed by atoms with Gasteiger partial charge in [0, 0.05) is 11.1 Å². The van der Waals surface area contributed by atoms with Gasteiger partial charge in [-0.3, -0.25) is 9.59 Å². The summed E-state index contributed by atoms with van der Waals surface area (Å²) in [5.41, 5.74) is -3.80. The Bertz CT molecular complexity index is 1680. The van der Waals surface area contributed by atoms with Crippen molar-refractivity contribution in [3.8, 4) is 12.1 Å². The van der Waals surface area contributed by atoms with E-state index < -0.39 is 63.5 Å². The number of nitrogens with one attached hydrogen (secondary N) is 2. The molecule has 8 nitrogen and oxygen atoms in total. The fraction of sp³-hybridized carbons (Fsp3) is 0.115. The molecule has 3 amide bonds. The third-order valence-corrected chi connectivity index (χ3v) is 6.11. The predicted molar refractivity (Wildman–Crippen MR) is 130 cm³/mol. The van der Waals surface area contributed by atoms with Gasteiger partial charge < -0.3 is 15.5 Å². The largest absolute Gasteiger partial charge is 0.416 e. The lowest BCUT2D eigenvalue weighted by Gasteiger charge is -2.29. The van der Waals surface area contributed by atoms with Gasteiger partial charge in [-0.25, -0.2) is 13.6 Å². The van der Waals surface area contributed by atoms with Gasteiger partial charge >= 0.3 is 12.2 Å². The average Bonchev–Trinajstić information content (AvgIpc) is 2.87. The van der Waals surface area contributed by atoms with Crippen molar-refractivity contribution >= 4 is 40.7 Å². The van der Waals surface area contributed by atoms with Crippen molar-refractivity contribution in [3.63, 3.8) is 0 Å². The van der Waals surface area contributed by atoms with Gasteiger partial charge in [0.1, 0.15) is 24.2 Å². The van der Waals surface area contributed by atoms with Crippen LogP contribution in [0.15, 0.2) is 42.5 Å². The maximum atomic E-state index is 14.0. The molecular formula is C26H13ClF5N5O3. The second kappa shape index (κ2) is 10.6. The lowest BCUT2D eigenvalue weighted by atomic mass is 9.91. The highest BCUT2D eigenvalue weighted by atomic mass is 35.5. The fourth-order valence-electron chi connectivity index (χ4n) is 4.02. The van der Waals surface area contributed by atoms with Gasteiger partial charge in [-0.2, -0.15) is 23.7 Å². The molecule has 0 atom stereocenters. The first kappa shape index (κ1) is 28.0. The monoisotopic (exact) mass is 573 g/mol. The highest BCUT2D eigenvalue weighted by molar-refractivity contribution is 6.35. The summed E-state index contributed by atoms with van der Waals surface area (Å²) in [7, 11) is 0. The number of amides is 3. The van der Waals surface area contributed by atoms with Gasteiger partial charge in [-0.1, -0.05) is 11.6 Å². The Hall–Kier alpha value is -5.01. The maximum Gasteiger partial charge on any atom is 0.416 e. The van der Waals surface area contributed by atoms with Crippen molar-refractivity contribution < 1.29 is 36.3 Å². The minimum atomic E-state index is -4.97. The topological polar surface area (TPSA) is 126 Å². The average molecular weight is 574 g/mol. The molecule has 1 aliphatic heterocycles. The third kappa shape index (κ3) is 5.41. The predicted octanol–water partition coefficient (Wildman–Crippen LogP) is 5.86. The van der Waals surface area contributed by atoms with Gasteiger partial charge in [0.15, 0.2) is 5.78 Å². The molecule has 0 spiro atoms. The first-order chi connectivity index (χ1) is 18.8. The molecule has 14 heteroatoms. The second-order valence-corrected chi connectivity index (χ2v) is 8.81. The van der Waals surface area contributed by atoms with Gasteiger partial charge in [0.25, 0.3) is 5.91 Å². The highest BCUT2D eigenvalue weighted by Gasteiger charge is 2.34. The molecule has 0 unspecified atom stereocenters. The van der Waals surface area contributed by atoms with Crippen LogP contribution in [0.1, 0.15) is 43.0 Å². The number of ketones is 1. The molecule has 4 rings (SSSR count). The van der Waals surface area contributed by atoms with E-state index in [0.717, 1.165) is 23.1 Å². The van der Waals surface area contributed by atoms with Crippen LogP contribution in [0, 0.1) is 34.3 Å². The zero-order valence-corrected chi connectivity index (χ0v) is 20.5. The van der Waals surface area contributed by atoms with Crippen molar-refractivity contribution in [2.24, 2.45) is 0 Å². The Morgan fingerprint density at radius 1 is 1.07 bits per heavy atom. The zero-order chi connectivity index (χ0) is 29.4. The smallest absolute Gasteiger partial charge is 0.321 e. The molecule has 3 aromatic carbocycles. The molecule has 3 aromatic rings. The number of anilines is 2. The number of nitrogens with zero attached hydrogens (tertiary/aromatic N) is 3. The van der Waals surface area contributed by atoms with E-state index >= 15 is 0 Å². The van der Waals surface area contributed by atoms with Crippen LogP contribution in [0.25, 0.3) is 0 Å². The van der Waals surface area contributed by atoms with Crippen molar-refractivity contribution in [1.82, 2.24) is 4.90 Å². The van der Waals surface area contributed by atoms with Crippen LogP contribution in [0.4, 0.5) is 38.1 Å². The van der Waals surface area contributed by atoms with E-state index in [2.05, 4.69) is 10.6 Å². The molecule has 202 valence electrons. The number of fused-ring (bicyclic) bond motifs is 1. The van der Waals surface area contributed by atoms with Crippen LogP contribution < -0.4 is 10.6 Å². The lowest BCUT2D eigenvalue weighted by molar-refractivity contribution is -0.137. The minimum Gasteiger partial charge on any atom is -0.321 e. The van der Waals surface area contributed by atoms with Crippen molar-refractivity contribution in [1.29, 1.82) is 10.5 Å². The van der Waals surface area contributed by atoms with Crippen LogP contribution in [0.2, 0.25) is 5.02 Å². The van der Waals surface area contributed by atoms with E-state index in [1.165, 1.54) is 6.07 Å². The van der Waals surface area contributed by atoms with Gasteiger partial charge in [-0.15, -0.1) is 0 Å². The zero-order valence-electron chi connectivity index (χ0n) is 19.8. The number of carbonyl (C=O) groups excluding carboxylic acids is 3. The lowest BCUT2D eigenvalue weighted by Crippen LogP contribution is -2.39. The van der Waals surface area contributed by atoms with Gasteiger partial charge in [0.05, 0.1) is 45.7 Å². The number of hydrogen-bond donors (Lipinski definition) is 2. The minimum absolute atomic E-state index is 0.119. The molecule has 1 heterocycles. The number of nitriles is 2. The summed E-state index contributed by atoms with van der Waals surface area (Å²) in [6, 6.07) is 7.85. The summed E-state index contributed by atoms with van der Waals surface area (Å²) in [6.45, 7) is -0.597. The van der Waals surface area contributed by atoms with E-state index in [1.54, 1.807) is 12.1 Å². The first-order valence-electron chi connectivity index (χ1n) is 11.1. The molecule has 0 saturated carbocycles. The van der Waals surface area contributed by atoms with Crippen LogP contribution in [0.5, 0.6) is 0 Å². The molecule has 0 fully saturated rings. The standard InChI is InChI=1S/C26H13ClF5N5O3/c27-19-9-15(28)1-2-17(19)23(38)21-18(10-34)22-13(11-37(4-3-33)25(40)36-22)7-20(21)35-24(39)12-5-14(26(30,31)32)8-16(29)6-12/h1-2,5-9H,4,11H2,(H,35,39)(H,36,40). The number of halogens is 6. The molecule has 40 heavy (non-hydrogen) atoms. The Kier molecular flexibility index (Phi) is 7.44. The van der Waals surface area contributed by atoms with E-state index in [9.17, 15) is 41.6 Å². The maximum absolute atomic E-state index is 14.0. The Morgan fingerprint density at radius 2 is 1.80 bits per heavy atom. The fourth-order valence-corrected chi connectivity index (χ4v) is 4.27. The molecule has 0 saturated heterocycles. The van der Waals surface area contributed by atoms with Gasteiger partial charge in [-0.05, 0) is 48.0 Å². The quantitative estimate of drug-likeness (QED) is 0.224. The number of urea groups is 1. The first-order valence-corrected chi connectivity index (χ1v) is 11.4. The molecule has 0 radical (unpaired) electrons. The molecule has 0 aliphatic carbocycles. The van der Waals surface area contributed by atoms with Crippen molar-refractivity contribution in [2.75, 3.05) is 17.2 Å². The molecule has 0 bridgehead atoms. The Balaban J connectivity index is 1.90. The van der Waals surface area contributed by atoms with Gasteiger partial charge in [0.2, 0.25) is 0 Å².